The highest BCUT2D eigenvalue weighted by Gasteiger charge is 2.54. The lowest BCUT2D eigenvalue weighted by Gasteiger charge is -2.57. The number of halogens is 3. The standard InChI is InChI=1S/C28H30N2O4.C27H25F3N2O4/c1-2-9-33-24-8-7-22(13-23(24)28-14-17-10-18(15-28)12-19(11-17)16-28)26-30-29-25(34-26)20-3-5-21(6-4-20)27(31)32;28-27(29,30)14-35-22-6-5-20(10-21(22)26-11-15-7-16(12-26)9-17(8-15)13-26)24-32-31-23(36-24)18-1-3-19(4-2-18)25(33)34/h3-8,13,17-19H,2,9-12,14-16H2,1H3,(H,31,32);1-6,10,15-17H,7-9,11-14H2,(H,33,34). The van der Waals surface area contributed by atoms with Gasteiger partial charge in [0.25, 0.3) is 0 Å². The number of carboxylic acid groups (broad SMARTS) is 2. The number of hydrogen-bond donors (Lipinski definition) is 2. The van der Waals surface area contributed by atoms with Gasteiger partial charge in [0, 0.05) is 33.4 Å². The molecule has 0 radical (unpaired) electrons. The molecule has 0 amide bonds. The second-order valence-electron chi connectivity index (χ2n) is 21.2. The van der Waals surface area contributed by atoms with Gasteiger partial charge >= 0.3 is 18.1 Å². The molecule has 70 heavy (non-hydrogen) atoms. The van der Waals surface area contributed by atoms with Crippen LogP contribution in [-0.2, 0) is 10.8 Å². The summed E-state index contributed by atoms with van der Waals surface area (Å²) >= 11 is 0. The van der Waals surface area contributed by atoms with Crippen molar-refractivity contribution in [1.82, 2.24) is 20.4 Å². The predicted molar refractivity (Wildman–Crippen MR) is 251 cm³/mol. The first-order chi connectivity index (χ1) is 33.7. The lowest BCUT2D eigenvalue weighted by molar-refractivity contribution is -0.153. The van der Waals surface area contributed by atoms with Gasteiger partial charge in [0.2, 0.25) is 23.6 Å². The third kappa shape index (κ3) is 9.07. The molecule has 8 bridgehead atoms. The van der Waals surface area contributed by atoms with Gasteiger partial charge in [0.1, 0.15) is 11.5 Å². The van der Waals surface area contributed by atoms with E-state index in [1.165, 1.54) is 75.5 Å². The van der Waals surface area contributed by atoms with Gasteiger partial charge in [-0.25, -0.2) is 9.59 Å². The van der Waals surface area contributed by atoms with E-state index in [1.54, 1.807) is 48.5 Å². The molecule has 8 saturated carbocycles. The molecule has 8 aliphatic carbocycles. The van der Waals surface area contributed by atoms with E-state index in [1.807, 2.05) is 12.1 Å². The van der Waals surface area contributed by atoms with E-state index < -0.39 is 24.7 Å². The number of rotatable bonds is 13. The zero-order valence-corrected chi connectivity index (χ0v) is 38.9. The summed E-state index contributed by atoms with van der Waals surface area (Å²) in [6.45, 7) is 1.53. The van der Waals surface area contributed by atoms with Crippen LogP contribution in [0.1, 0.15) is 122 Å². The molecular formula is C55H55F3N4O8. The Morgan fingerprint density at radius 1 is 0.543 bits per heavy atom. The molecule has 15 heteroatoms. The molecule has 12 nitrogen and oxygen atoms in total. The summed E-state index contributed by atoms with van der Waals surface area (Å²) in [5.74, 6) is 5.01. The topological polar surface area (TPSA) is 171 Å². The molecule has 2 N–H and O–H groups in total. The van der Waals surface area contributed by atoms with Crippen LogP contribution in [0, 0.1) is 35.5 Å². The fourth-order valence-electron chi connectivity index (χ4n) is 14.1. The summed E-state index contributed by atoms with van der Waals surface area (Å²) in [6, 6.07) is 24.1. The molecule has 0 spiro atoms. The monoisotopic (exact) mass is 956 g/mol. The quantitative estimate of drug-likeness (QED) is 0.112. The molecule has 2 aromatic heterocycles. The van der Waals surface area contributed by atoms with Gasteiger partial charge in [-0.2, -0.15) is 13.2 Å². The van der Waals surface area contributed by atoms with Crippen molar-refractivity contribution in [2.45, 2.75) is 107 Å². The van der Waals surface area contributed by atoms with Gasteiger partial charge in [-0.05, 0) is 215 Å². The number of carbonyl (C=O) groups is 2. The second kappa shape index (κ2) is 18.0. The molecule has 6 aromatic rings. The SMILES string of the molecule is CCCOc1ccc(-c2nnc(-c3ccc(C(=O)O)cc3)o2)cc1C12CC3CC(CC(C3)C1)C2.O=C(O)c1ccc(-c2nnc(-c3ccc(OCC(F)(F)F)c(C45CC6CC(CC(C6)C4)C5)c3)o2)cc1. The van der Waals surface area contributed by atoms with Crippen molar-refractivity contribution in [3.8, 4) is 57.3 Å². The van der Waals surface area contributed by atoms with E-state index in [2.05, 4.69) is 39.5 Å². The highest BCUT2D eigenvalue weighted by Crippen LogP contribution is 2.63. The number of aromatic nitrogens is 4. The van der Waals surface area contributed by atoms with Crippen molar-refractivity contribution in [2.75, 3.05) is 13.2 Å². The average molecular weight is 957 g/mol. The maximum Gasteiger partial charge on any atom is 0.422 e. The van der Waals surface area contributed by atoms with Crippen LogP contribution in [0.5, 0.6) is 11.5 Å². The molecule has 0 aliphatic heterocycles. The minimum Gasteiger partial charge on any atom is -0.493 e. The highest BCUT2D eigenvalue weighted by molar-refractivity contribution is 5.88. The van der Waals surface area contributed by atoms with E-state index in [-0.39, 0.29) is 39.5 Å². The van der Waals surface area contributed by atoms with E-state index in [0.717, 1.165) is 66.9 Å². The van der Waals surface area contributed by atoms with Crippen molar-refractivity contribution >= 4 is 11.9 Å². The molecule has 364 valence electrons. The van der Waals surface area contributed by atoms with Crippen molar-refractivity contribution in [2.24, 2.45) is 35.5 Å². The normalized spacial score (nSPS) is 27.0. The molecule has 4 aromatic carbocycles. The molecule has 14 rings (SSSR count). The Morgan fingerprint density at radius 2 is 0.871 bits per heavy atom. The predicted octanol–water partition coefficient (Wildman–Crippen LogP) is 12.9. The highest BCUT2D eigenvalue weighted by atomic mass is 19.4. The number of nitrogens with zero attached hydrogens (tertiary/aromatic N) is 4. The first-order valence-electron chi connectivity index (χ1n) is 24.7. The summed E-state index contributed by atoms with van der Waals surface area (Å²) in [4.78, 5) is 22.2. The van der Waals surface area contributed by atoms with E-state index in [9.17, 15) is 22.8 Å². The molecule has 2 heterocycles. The van der Waals surface area contributed by atoms with Gasteiger partial charge < -0.3 is 28.5 Å². The average Bonchev–Trinajstić information content (AvgIpc) is 4.04. The van der Waals surface area contributed by atoms with Crippen LogP contribution >= 0.6 is 0 Å². The molecule has 8 aliphatic rings. The number of alkyl halides is 3. The third-order valence-corrected chi connectivity index (χ3v) is 16.1. The minimum absolute atomic E-state index is 0.146. The largest absolute Gasteiger partial charge is 0.493 e. The molecule has 0 saturated heterocycles. The fourth-order valence-corrected chi connectivity index (χ4v) is 14.1. The zero-order valence-electron chi connectivity index (χ0n) is 38.9. The Hall–Kier alpha value is -6.51. The van der Waals surface area contributed by atoms with Gasteiger partial charge in [-0.3, -0.25) is 0 Å². The Labute approximate surface area is 403 Å². The van der Waals surface area contributed by atoms with E-state index in [0.29, 0.717) is 46.2 Å². The molecule has 0 atom stereocenters. The molecule has 8 fully saturated rings. The van der Waals surface area contributed by atoms with Crippen LogP contribution < -0.4 is 9.47 Å². The summed E-state index contributed by atoms with van der Waals surface area (Å²) < 4.78 is 62.6. The lowest BCUT2D eigenvalue weighted by Crippen LogP contribution is -2.48. The number of carboxylic acids is 2. The van der Waals surface area contributed by atoms with Crippen LogP contribution in [0.3, 0.4) is 0 Å². The van der Waals surface area contributed by atoms with Crippen molar-refractivity contribution in [3.63, 3.8) is 0 Å². The maximum absolute atomic E-state index is 13.0. The van der Waals surface area contributed by atoms with Gasteiger partial charge in [0.15, 0.2) is 6.61 Å². The van der Waals surface area contributed by atoms with Crippen LogP contribution in [0.15, 0.2) is 93.8 Å². The first kappa shape index (κ1) is 45.9. The number of ether oxygens (including phenoxy) is 2. The fraction of sp³-hybridized carbons (Fsp3) is 0.455. The van der Waals surface area contributed by atoms with Crippen LogP contribution in [-0.4, -0.2) is 61.9 Å². The van der Waals surface area contributed by atoms with Gasteiger partial charge in [-0.15, -0.1) is 20.4 Å². The third-order valence-electron chi connectivity index (χ3n) is 16.1. The Morgan fingerprint density at radius 3 is 1.20 bits per heavy atom. The smallest absolute Gasteiger partial charge is 0.422 e. The molecular weight excluding hydrogens is 902 g/mol. The van der Waals surface area contributed by atoms with E-state index in [4.69, 9.17) is 28.5 Å². The second-order valence-corrected chi connectivity index (χ2v) is 21.2. The lowest BCUT2D eigenvalue weighted by atomic mass is 9.48. The number of aromatic carboxylic acids is 2. The van der Waals surface area contributed by atoms with Crippen LogP contribution in [0.4, 0.5) is 13.2 Å². The number of hydrogen-bond acceptors (Lipinski definition) is 10. The van der Waals surface area contributed by atoms with Gasteiger partial charge in [-0.1, -0.05) is 6.92 Å². The Balaban J connectivity index is 0.000000153. The van der Waals surface area contributed by atoms with Crippen LogP contribution in [0.2, 0.25) is 0 Å². The Bertz CT molecular complexity index is 2840. The van der Waals surface area contributed by atoms with E-state index >= 15 is 0 Å². The number of benzene rings is 4. The van der Waals surface area contributed by atoms with Crippen molar-refractivity contribution < 1.29 is 51.3 Å². The minimum atomic E-state index is -4.42. The summed E-state index contributed by atoms with van der Waals surface area (Å²) in [5.41, 5.74) is 5.33. The summed E-state index contributed by atoms with van der Waals surface area (Å²) in [6.07, 6.45) is 11.1. The summed E-state index contributed by atoms with van der Waals surface area (Å²) in [7, 11) is 0. The van der Waals surface area contributed by atoms with Crippen LogP contribution in [0.25, 0.3) is 45.8 Å². The summed E-state index contributed by atoms with van der Waals surface area (Å²) in [5, 5.41) is 35.1. The first-order valence-corrected chi connectivity index (χ1v) is 24.7. The van der Waals surface area contributed by atoms with Crippen molar-refractivity contribution in [1.29, 1.82) is 0 Å². The molecule has 0 unspecified atom stereocenters. The van der Waals surface area contributed by atoms with Crippen molar-refractivity contribution in [3.05, 3.63) is 107 Å². The zero-order chi connectivity index (χ0) is 48.4. The van der Waals surface area contributed by atoms with Gasteiger partial charge in [0.05, 0.1) is 17.7 Å². The Kier molecular flexibility index (Phi) is 11.8. The maximum atomic E-state index is 13.0.